The first-order valence-corrected chi connectivity index (χ1v) is 6.41. The van der Waals surface area contributed by atoms with Crippen molar-refractivity contribution in [1.82, 2.24) is 9.97 Å². The highest BCUT2D eigenvalue weighted by atomic mass is 16.5. The van der Waals surface area contributed by atoms with Crippen LogP contribution in [0.4, 0.5) is 0 Å². The molecule has 21 heavy (non-hydrogen) atoms. The van der Waals surface area contributed by atoms with Gasteiger partial charge >= 0.3 is 5.97 Å². The Morgan fingerprint density at radius 1 is 1.00 bits per heavy atom. The van der Waals surface area contributed by atoms with Gasteiger partial charge in [-0.25, -0.2) is 9.78 Å². The molecule has 0 atom stereocenters. The number of nitrogens with zero attached hydrogens (tertiary/aromatic N) is 2. The number of carbonyl (C=O) groups is 1. The van der Waals surface area contributed by atoms with Crippen LogP contribution in [0, 0.1) is 0 Å². The average molecular weight is 280 g/mol. The minimum atomic E-state index is -1.18. The van der Waals surface area contributed by atoms with Gasteiger partial charge in [0.1, 0.15) is 6.61 Å². The molecule has 104 valence electrons. The van der Waals surface area contributed by atoms with Crippen molar-refractivity contribution in [2.24, 2.45) is 0 Å². The molecule has 1 aromatic heterocycles. The molecule has 0 aliphatic carbocycles. The molecule has 0 saturated carbocycles. The molecule has 2 aromatic carbocycles. The van der Waals surface area contributed by atoms with Crippen LogP contribution in [0.15, 0.2) is 54.6 Å². The molecule has 3 rings (SSSR count). The summed E-state index contributed by atoms with van der Waals surface area (Å²) in [5, 5.41) is 9.77. The van der Waals surface area contributed by atoms with Gasteiger partial charge in [-0.2, -0.15) is 4.98 Å². The summed E-state index contributed by atoms with van der Waals surface area (Å²) in [5.74, 6) is -1.16. The maximum atomic E-state index is 11.1. The van der Waals surface area contributed by atoms with Gasteiger partial charge in [-0.05, 0) is 17.7 Å². The molecule has 5 heteroatoms. The second-order valence-corrected chi connectivity index (χ2v) is 4.45. The van der Waals surface area contributed by atoms with E-state index in [2.05, 4.69) is 9.97 Å². The Hall–Kier alpha value is -2.95. The van der Waals surface area contributed by atoms with E-state index in [0.29, 0.717) is 17.5 Å². The average Bonchev–Trinajstić information content (AvgIpc) is 2.53. The number of benzene rings is 2. The lowest BCUT2D eigenvalue weighted by Crippen LogP contribution is -2.07. The number of hydrogen-bond acceptors (Lipinski definition) is 4. The zero-order chi connectivity index (χ0) is 14.7. The van der Waals surface area contributed by atoms with Crippen molar-refractivity contribution < 1.29 is 14.6 Å². The van der Waals surface area contributed by atoms with Gasteiger partial charge in [0.25, 0.3) is 0 Å². The topological polar surface area (TPSA) is 72.3 Å². The van der Waals surface area contributed by atoms with Crippen molar-refractivity contribution in [3.8, 4) is 5.88 Å². The minimum Gasteiger partial charge on any atom is -0.475 e. The van der Waals surface area contributed by atoms with E-state index in [4.69, 9.17) is 9.84 Å². The van der Waals surface area contributed by atoms with E-state index < -0.39 is 5.97 Å². The van der Waals surface area contributed by atoms with E-state index in [0.717, 1.165) is 5.56 Å². The third kappa shape index (κ3) is 2.81. The van der Waals surface area contributed by atoms with E-state index in [1.165, 1.54) is 0 Å². The summed E-state index contributed by atoms with van der Waals surface area (Å²) in [5.41, 5.74) is 1.53. The van der Waals surface area contributed by atoms with Crippen molar-refractivity contribution in [1.29, 1.82) is 0 Å². The zero-order valence-electron chi connectivity index (χ0n) is 11.1. The summed E-state index contributed by atoms with van der Waals surface area (Å²) in [6.45, 7) is 0.320. The van der Waals surface area contributed by atoms with Gasteiger partial charge in [0.05, 0.1) is 10.9 Å². The summed E-state index contributed by atoms with van der Waals surface area (Å²) >= 11 is 0. The van der Waals surface area contributed by atoms with Gasteiger partial charge in [-0.15, -0.1) is 0 Å². The largest absolute Gasteiger partial charge is 0.475 e. The van der Waals surface area contributed by atoms with Gasteiger partial charge in [-0.1, -0.05) is 42.5 Å². The number of rotatable bonds is 4. The molecular weight excluding hydrogens is 268 g/mol. The molecule has 0 fully saturated rings. The first kappa shape index (κ1) is 13.1. The summed E-state index contributed by atoms with van der Waals surface area (Å²) in [4.78, 5) is 19.1. The van der Waals surface area contributed by atoms with Crippen molar-refractivity contribution >= 4 is 16.9 Å². The fraction of sp³-hybridized carbons (Fsp3) is 0.0625. The standard InChI is InChI=1S/C16H12N2O3/c19-16(20)14-17-13-9-5-4-8-12(13)15(18-14)21-10-11-6-2-1-3-7-11/h1-9H,10H2,(H,19,20). The third-order valence-electron chi connectivity index (χ3n) is 2.98. The molecule has 1 N–H and O–H groups in total. The Bertz CT molecular complexity index is 788. The Morgan fingerprint density at radius 3 is 2.48 bits per heavy atom. The van der Waals surface area contributed by atoms with Gasteiger partial charge in [-0.3, -0.25) is 0 Å². The molecule has 0 saturated heterocycles. The fourth-order valence-corrected chi connectivity index (χ4v) is 1.98. The maximum Gasteiger partial charge on any atom is 0.374 e. The van der Waals surface area contributed by atoms with Gasteiger partial charge < -0.3 is 9.84 Å². The van der Waals surface area contributed by atoms with E-state index in [1.807, 2.05) is 36.4 Å². The molecule has 0 radical (unpaired) electrons. The number of hydrogen-bond donors (Lipinski definition) is 1. The highest BCUT2D eigenvalue weighted by Gasteiger charge is 2.13. The third-order valence-corrected chi connectivity index (χ3v) is 2.98. The Morgan fingerprint density at radius 2 is 1.71 bits per heavy atom. The molecule has 0 amide bonds. The number of carboxylic acid groups (broad SMARTS) is 1. The van der Waals surface area contributed by atoms with Gasteiger partial charge in [0.2, 0.25) is 11.7 Å². The van der Waals surface area contributed by atoms with Crippen molar-refractivity contribution in [2.75, 3.05) is 0 Å². The Labute approximate surface area is 120 Å². The number of ether oxygens (including phenoxy) is 1. The van der Waals surface area contributed by atoms with Crippen LogP contribution in [-0.4, -0.2) is 21.0 Å². The molecule has 0 spiro atoms. The smallest absolute Gasteiger partial charge is 0.374 e. The van der Waals surface area contributed by atoms with Gasteiger partial charge in [0.15, 0.2) is 0 Å². The predicted molar refractivity (Wildman–Crippen MR) is 77.3 cm³/mol. The second-order valence-electron chi connectivity index (χ2n) is 4.45. The summed E-state index contributed by atoms with van der Waals surface area (Å²) < 4.78 is 5.68. The number of aromatic nitrogens is 2. The summed E-state index contributed by atoms with van der Waals surface area (Å²) in [6, 6.07) is 16.8. The molecular formula is C16H12N2O3. The predicted octanol–water partition coefficient (Wildman–Crippen LogP) is 2.91. The van der Waals surface area contributed by atoms with Crippen LogP contribution in [0.2, 0.25) is 0 Å². The van der Waals surface area contributed by atoms with E-state index in [9.17, 15) is 4.79 Å². The molecule has 0 aliphatic rings. The minimum absolute atomic E-state index is 0.267. The number of fused-ring (bicyclic) bond motifs is 1. The van der Waals surface area contributed by atoms with Crippen LogP contribution >= 0.6 is 0 Å². The van der Waals surface area contributed by atoms with Crippen LogP contribution in [0.25, 0.3) is 10.9 Å². The molecule has 5 nitrogen and oxygen atoms in total. The number of para-hydroxylation sites is 1. The second kappa shape index (κ2) is 5.58. The normalized spacial score (nSPS) is 10.5. The Kier molecular flexibility index (Phi) is 3.47. The van der Waals surface area contributed by atoms with Crippen LogP contribution in [0.5, 0.6) is 5.88 Å². The Balaban J connectivity index is 1.98. The van der Waals surface area contributed by atoms with Crippen molar-refractivity contribution in [3.63, 3.8) is 0 Å². The summed E-state index contributed by atoms with van der Waals surface area (Å²) in [6.07, 6.45) is 0. The fourth-order valence-electron chi connectivity index (χ4n) is 1.98. The zero-order valence-corrected chi connectivity index (χ0v) is 11.1. The highest BCUT2D eigenvalue weighted by molar-refractivity contribution is 5.89. The SMILES string of the molecule is O=C(O)c1nc(OCc2ccccc2)c2ccccc2n1. The maximum absolute atomic E-state index is 11.1. The van der Waals surface area contributed by atoms with E-state index in [-0.39, 0.29) is 11.7 Å². The monoisotopic (exact) mass is 280 g/mol. The molecule has 1 heterocycles. The van der Waals surface area contributed by atoms with Crippen LogP contribution in [0.3, 0.4) is 0 Å². The van der Waals surface area contributed by atoms with E-state index >= 15 is 0 Å². The van der Waals surface area contributed by atoms with Crippen LogP contribution in [-0.2, 0) is 6.61 Å². The first-order chi connectivity index (χ1) is 10.2. The highest BCUT2D eigenvalue weighted by Crippen LogP contribution is 2.23. The van der Waals surface area contributed by atoms with Crippen molar-refractivity contribution in [3.05, 3.63) is 66.0 Å². The van der Waals surface area contributed by atoms with E-state index in [1.54, 1.807) is 18.2 Å². The first-order valence-electron chi connectivity index (χ1n) is 6.41. The van der Waals surface area contributed by atoms with Crippen LogP contribution < -0.4 is 4.74 Å². The van der Waals surface area contributed by atoms with Crippen LogP contribution in [0.1, 0.15) is 16.2 Å². The quantitative estimate of drug-likeness (QED) is 0.795. The molecule has 0 aliphatic heterocycles. The molecule has 0 unspecified atom stereocenters. The van der Waals surface area contributed by atoms with Crippen molar-refractivity contribution in [2.45, 2.75) is 6.61 Å². The number of aromatic carboxylic acids is 1. The molecule has 3 aromatic rings. The lowest BCUT2D eigenvalue weighted by molar-refractivity contribution is 0.0682. The summed E-state index contributed by atoms with van der Waals surface area (Å²) in [7, 11) is 0. The number of carboxylic acids is 1. The molecule has 0 bridgehead atoms. The lowest BCUT2D eigenvalue weighted by Gasteiger charge is -2.09. The van der Waals surface area contributed by atoms with Gasteiger partial charge in [0, 0.05) is 0 Å². The lowest BCUT2D eigenvalue weighted by atomic mass is 10.2.